The zero-order valence-corrected chi connectivity index (χ0v) is 12.3. The Hall–Kier alpha value is -0.680. The lowest BCUT2D eigenvalue weighted by Gasteiger charge is -2.35. The van der Waals surface area contributed by atoms with E-state index in [1.54, 1.807) is 0 Å². The van der Waals surface area contributed by atoms with Gasteiger partial charge in [-0.2, -0.15) is 0 Å². The van der Waals surface area contributed by atoms with E-state index >= 15 is 0 Å². The lowest BCUT2D eigenvalue weighted by Crippen LogP contribution is -2.52. The van der Waals surface area contributed by atoms with Crippen LogP contribution in [0, 0.1) is 17.3 Å². The van der Waals surface area contributed by atoms with Crippen LogP contribution in [0.1, 0.15) is 33.6 Å². The van der Waals surface area contributed by atoms with Gasteiger partial charge >= 0.3 is 0 Å². The summed E-state index contributed by atoms with van der Waals surface area (Å²) in [6.07, 6.45) is 1.18. The van der Waals surface area contributed by atoms with Gasteiger partial charge in [-0.15, -0.1) is 0 Å². The average Bonchev–Trinajstić information content (AvgIpc) is 2.35. The van der Waals surface area contributed by atoms with Gasteiger partial charge in [-0.25, -0.2) is 0 Å². The first-order valence-electron chi connectivity index (χ1n) is 6.56. The Bertz CT molecular complexity index is 312. The van der Waals surface area contributed by atoms with Gasteiger partial charge in [0.2, 0.25) is 5.91 Å². The quantitative estimate of drug-likeness (QED) is 0.744. The molecule has 1 amide bonds. The van der Waals surface area contributed by atoms with Gasteiger partial charge in [-0.05, 0) is 24.7 Å². The van der Waals surface area contributed by atoms with E-state index in [4.69, 9.17) is 22.7 Å². The third-order valence-electron chi connectivity index (χ3n) is 3.98. The van der Waals surface area contributed by atoms with Crippen LogP contribution in [0.15, 0.2) is 0 Å². The summed E-state index contributed by atoms with van der Waals surface area (Å²) < 4.78 is 5.29. The molecule has 0 bridgehead atoms. The van der Waals surface area contributed by atoms with Crippen molar-refractivity contribution in [1.82, 2.24) is 5.32 Å². The van der Waals surface area contributed by atoms with Crippen LogP contribution in [-0.4, -0.2) is 30.7 Å². The van der Waals surface area contributed by atoms with Crippen LogP contribution in [0.5, 0.6) is 0 Å². The third-order valence-corrected chi connectivity index (χ3v) is 4.37. The number of carbonyl (C=O) groups is 1. The molecule has 1 heterocycles. The highest BCUT2D eigenvalue weighted by Crippen LogP contribution is 2.31. The first kappa shape index (κ1) is 15.4. The highest BCUT2D eigenvalue weighted by Gasteiger charge is 2.42. The Morgan fingerprint density at radius 2 is 1.94 bits per heavy atom. The lowest BCUT2D eigenvalue weighted by atomic mass is 9.79. The fourth-order valence-electron chi connectivity index (χ4n) is 1.96. The Morgan fingerprint density at radius 3 is 2.39 bits per heavy atom. The minimum absolute atomic E-state index is 0.0363. The molecule has 0 aromatic carbocycles. The van der Waals surface area contributed by atoms with E-state index in [0.717, 1.165) is 0 Å². The standard InChI is InChI=1S/C13H24N2O2S/c1-9(2)10(3)8-15-12(16)13(11(14)18)4-6-17-7-5-13/h9-10H,4-8H2,1-3H3,(H2,14,18)(H,15,16). The molecule has 0 radical (unpaired) electrons. The van der Waals surface area contributed by atoms with Crippen molar-refractivity contribution < 1.29 is 9.53 Å². The molecule has 1 aliphatic rings. The molecular weight excluding hydrogens is 248 g/mol. The summed E-state index contributed by atoms with van der Waals surface area (Å²) in [6.45, 7) is 8.18. The van der Waals surface area contributed by atoms with Gasteiger partial charge in [0.1, 0.15) is 5.41 Å². The molecule has 4 nitrogen and oxygen atoms in total. The summed E-state index contributed by atoms with van der Waals surface area (Å²) in [7, 11) is 0. The Kier molecular flexibility index (Phi) is 5.53. The number of nitrogens with two attached hydrogens (primary N) is 1. The summed E-state index contributed by atoms with van der Waals surface area (Å²) in [5, 5.41) is 2.99. The maximum atomic E-state index is 12.4. The number of amides is 1. The van der Waals surface area contributed by atoms with Gasteiger partial charge in [0.25, 0.3) is 0 Å². The average molecular weight is 272 g/mol. The Morgan fingerprint density at radius 1 is 1.39 bits per heavy atom. The molecule has 0 aromatic heterocycles. The normalized spacial score (nSPS) is 20.4. The number of carbonyl (C=O) groups excluding carboxylic acids is 1. The zero-order valence-electron chi connectivity index (χ0n) is 11.5. The fourth-order valence-corrected chi connectivity index (χ4v) is 2.26. The minimum Gasteiger partial charge on any atom is -0.392 e. The molecule has 18 heavy (non-hydrogen) atoms. The van der Waals surface area contributed by atoms with Crippen molar-refractivity contribution in [1.29, 1.82) is 0 Å². The number of nitrogens with one attached hydrogen (secondary N) is 1. The van der Waals surface area contributed by atoms with Crippen LogP contribution in [0.2, 0.25) is 0 Å². The first-order valence-corrected chi connectivity index (χ1v) is 6.97. The van der Waals surface area contributed by atoms with Crippen LogP contribution >= 0.6 is 12.2 Å². The number of hydrogen-bond acceptors (Lipinski definition) is 3. The van der Waals surface area contributed by atoms with Gasteiger partial charge in [0.15, 0.2) is 0 Å². The van der Waals surface area contributed by atoms with Crippen LogP contribution in [0.3, 0.4) is 0 Å². The maximum Gasteiger partial charge on any atom is 0.233 e. The van der Waals surface area contributed by atoms with Crippen molar-refractivity contribution >= 4 is 23.1 Å². The Labute approximate surface area is 115 Å². The highest BCUT2D eigenvalue weighted by molar-refractivity contribution is 7.80. The molecular formula is C13H24N2O2S. The fraction of sp³-hybridized carbons (Fsp3) is 0.846. The predicted molar refractivity (Wildman–Crippen MR) is 76.3 cm³/mol. The van der Waals surface area contributed by atoms with E-state index in [1.165, 1.54) is 0 Å². The minimum atomic E-state index is -0.704. The number of rotatable bonds is 5. The molecule has 0 saturated carbocycles. The van der Waals surface area contributed by atoms with Crippen molar-refractivity contribution in [2.75, 3.05) is 19.8 Å². The summed E-state index contributed by atoms with van der Waals surface area (Å²) in [5.74, 6) is 0.948. The molecule has 1 aliphatic heterocycles. The van der Waals surface area contributed by atoms with E-state index in [1.807, 2.05) is 0 Å². The van der Waals surface area contributed by atoms with Crippen LogP contribution in [0.4, 0.5) is 0 Å². The number of hydrogen-bond donors (Lipinski definition) is 2. The molecule has 1 rings (SSSR count). The Balaban J connectivity index is 2.63. The van der Waals surface area contributed by atoms with E-state index in [-0.39, 0.29) is 5.91 Å². The zero-order chi connectivity index (χ0) is 13.8. The predicted octanol–water partition coefficient (Wildman–Crippen LogP) is 1.48. The number of thiocarbonyl (C=S) groups is 1. The molecule has 1 fully saturated rings. The van der Waals surface area contributed by atoms with E-state index < -0.39 is 5.41 Å². The molecule has 0 aliphatic carbocycles. The molecule has 1 atom stereocenters. The summed E-state index contributed by atoms with van der Waals surface area (Å²) in [4.78, 5) is 12.6. The third kappa shape index (κ3) is 3.42. The molecule has 5 heteroatoms. The smallest absolute Gasteiger partial charge is 0.233 e. The monoisotopic (exact) mass is 272 g/mol. The molecule has 1 saturated heterocycles. The van der Waals surface area contributed by atoms with E-state index in [0.29, 0.717) is 49.4 Å². The van der Waals surface area contributed by atoms with Crippen LogP contribution < -0.4 is 11.1 Å². The summed E-state index contributed by atoms with van der Waals surface area (Å²) >= 11 is 5.10. The lowest BCUT2D eigenvalue weighted by molar-refractivity contribution is -0.131. The van der Waals surface area contributed by atoms with Crippen LogP contribution in [-0.2, 0) is 9.53 Å². The SMILES string of the molecule is CC(C)C(C)CNC(=O)C1(C(N)=S)CCOCC1. The first-order chi connectivity index (χ1) is 8.40. The molecule has 3 N–H and O–H groups in total. The van der Waals surface area contributed by atoms with Gasteiger partial charge in [0, 0.05) is 19.8 Å². The van der Waals surface area contributed by atoms with E-state index in [2.05, 4.69) is 26.1 Å². The van der Waals surface area contributed by atoms with Crippen molar-refractivity contribution in [3.8, 4) is 0 Å². The van der Waals surface area contributed by atoms with E-state index in [9.17, 15) is 4.79 Å². The maximum absolute atomic E-state index is 12.4. The van der Waals surface area contributed by atoms with Crippen LogP contribution in [0.25, 0.3) is 0 Å². The van der Waals surface area contributed by atoms with Crippen molar-refractivity contribution in [3.05, 3.63) is 0 Å². The second kappa shape index (κ2) is 6.48. The van der Waals surface area contributed by atoms with Crippen molar-refractivity contribution in [2.24, 2.45) is 23.0 Å². The second-order valence-electron chi connectivity index (χ2n) is 5.49. The van der Waals surface area contributed by atoms with Crippen molar-refractivity contribution in [2.45, 2.75) is 33.6 Å². The number of ether oxygens (including phenoxy) is 1. The van der Waals surface area contributed by atoms with Gasteiger partial charge in [-0.3, -0.25) is 4.79 Å². The topological polar surface area (TPSA) is 64.4 Å². The van der Waals surface area contributed by atoms with Gasteiger partial charge in [0.05, 0.1) is 4.99 Å². The second-order valence-corrected chi connectivity index (χ2v) is 5.93. The summed E-state index contributed by atoms with van der Waals surface area (Å²) in [5.41, 5.74) is 5.08. The molecule has 0 aromatic rings. The van der Waals surface area contributed by atoms with Gasteiger partial charge < -0.3 is 15.8 Å². The molecule has 104 valence electrons. The van der Waals surface area contributed by atoms with Crippen molar-refractivity contribution in [3.63, 3.8) is 0 Å². The molecule has 0 spiro atoms. The highest BCUT2D eigenvalue weighted by atomic mass is 32.1. The molecule has 1 unspecified atom stereocenters. The summed E-state index contributed by atoms with van der Waals surface area (Å²) in [6, 6.07) is 0. The van der Waals surface area contributed by atoms with Gasteiger partial charge in [-0.1, -0.05) is 33.0 Å². The largest absolute Gasteiger partial charge is 0.392 e.